The van der Waals surface area contributed by atoms with E-state index in [9.17, 15) is 4.79 Å². The average molecular weight is 359 g/mol. The molecule has 0 spiro atoms. The summed E-state index contributed by atoms with van der Waals surface area (Å²) in [4.78, 5) is 15.3. The molecule has 0 bridgehead atoms. The third kappa shape index (κ3) is 5.08. The molecule has 1 saturated heterocycles. The number of hydrogen-bond acceptors (Lipinski definition) is 3. The van der Waals surface area contributed by atoms with Crippen molar-refractivity contribution in [3.8, 4) is 0 Å². The molecule has 1 aromatic rings. The molecule has 2 unspecified atom stereocenters. The van der Waals surface area contributed by atoms with Gasteiger partial charge in [-0.15, -0.1) is 0 Å². The highest BCUT2D eigenvalue weighted by atomic mass is 35.5. The number of likely N-dealkylation sites (N-methyl/N-ethyl adjacent to an activating group) is 1. The third-order valence-corrected chi connectivity index (χ3v) is 5.26. The highest BCUT2D eigenvalue weighted by molar-refractivity contribution is 6.35. The molecule has 4 nitrogen and oxygen atoms in total. The third-order valence-electron chi connectivity index (χ3n) is 4.70. The molecule has 0 amide bonds. The van der Waals surface area contributed by atoms with Crippen molar-refractivity contribution in [3.63, 3.8) is 0 Å². The molecule has 128 valence electrons. The van der Waals surface area contributed by atoms with Crippen LogP contribution in [0.15, 0.2) is 18.2 Å². The summed E-state index contributed by atoms with van der Waals surface area (Å²) in [7, 11) is 1.90. The minimum atomic E-state index is -0.769. The summed E-state index contributed by atoms with van der Waals surface area (Å²) >= 11 is 12.3. The molecular formula is C17H24Cl2N2O2. The second-order valence-electron chi connectivity index (χ2n) is 6.27. The molecule has 0 saturated carbocycles. The number of carbonyl (C=O) groups is 1. The van der Waals surface area contributed by atoms with E-state index in [2.05, 4.69) is 11.8 Å². The second kappa shape index (κ2) is 8.34. The first kappa shape index (κ1) is 18.5. The Labute approximate surface area is 148 Å². The molecule has 2 atom stereocenters. The second-order valence-corrected chi connectivity index (χ2v) is 7.11. The van der Waals surface area contributed by atoms with Crippen LogP contribution in [0.1, 0.15) is 37.8 Å². The fraction of sp³-hybridized carbons (Fsp3) is 0.588. The molecule has 1 fully saturated rings. The lowest BCUT2D eigenvalue weighted by Crippen LogP contribution is -2.36. The monoisotopic (exact) mass is 358 g/mol. The molecule has 1 N–H and O–H groups in total. The molecule has 1 aromatic carbocycles. The van der Waals surface area contributed by atoms with E-state index in [1.54, 1.807) is 6.07 Å². The lowest BCUT2D eigenvalue weighted by Gasteiger charge is -2.29. The van der Waals surface area contributed by atoms with Crippen molar-refractivity contribution in [2.24, 2.45) is 0 Å². The Morgan fingerprint density at radius 3 is 2.78 bits per heavy atom. The number of aliphatic carboxylic acids is 1. The van der Waals surface area contributed by atoms with Gasteiger partial charge in [0.1, 0.15) is 0 Å². The summed E-state index contributed by atoms with van der Waals surface area (Å²) in [5.41, 5.74) is 1.09. The maximum atomic E-state index is 10.9. The molecule has 0 aromatic heterocycles. The van der Waals surface area contributed by atoms with E-state index in [0.29, 0.717) is 16.1 Å². The Balaban J connectivity index is 2.00. The summed E-state index contributed by atoms with van der Waals surface area (Å²) in [5, 5.41) is 10.3. The van der Waals surface area contributed by atoms with Crippen molar-refractivity contribution in [2.45, 2.75) is 38.3 Å². The molecule has 1 aliphatic rings. The van der Waals surface area contributed by atoms with Crippen LogP contribution in [0, 0.1) is 0 Å². The summed E-state index contributed by atoms with van der Waals surface area (Å²) in [6, 6.07) is 6.21. The Morgan fingerprint density at radius 2 is 2.13 bits per heavy atom. The van der Waals surface area contributed by atoms with Crippen molar-refractivity contribution in [1.29, 1.82) is 0 Å². The van der Waals surface area contributed by atoms with Crippen LogP contribution in [-0.2, 0) is 4.79 Å². The van der Waals surface area contributed by atoms with Gasteiger partial charge < -0.3 is 5.11 Å². The normalized spacial score (nSPS) is 21.2. The van der Waals surface area contributed by atoms with Crippen molar-refractivity contribution in [3.05, 3.63) is 33.8 Å². The van der Waals surface area contributed by atoms with Gasteiger partial charge in [-0.25, -0.2) is 0 Å². The van der Waals surface area contributed by atoms with Gasteiger partial charge in [-0.1, -0.05) is 29.3 Å². The number of hydrogen-bond donors (Lipinski definition) is 1. The molecule has 2 rings (SSSR count). The Bertz CT molecular complexity index is 553. The van der Waals surface area contributed by atoms with Crippen molar-refractivity contribution >= 4 is 29.2 Å². The first-order valence-corrected chi connectivity index (χ1v) is 8.75. The number of rotatable bonds is 5. The van der Waals surface area contributed by atoms with Crippen LogP contribution in [0.2, 0.25) is 10.0 Å². The zero-order valence-electron chi connectivity index (χ0n) is 13.6. The summed E-state index contributed by atoms with van der Waals surface area (Å²) in [6.45, 7) is 4.20. The predicted molar refractivity (Wildman–Crippen MR) is 94.4 cm³/mol. The van der Waals surface area contributed by atoms with Crippen molar-refractivity contribution in [2.75, 3.05) is 26.7 Å². The zero-order chi connectivity index (χ0) is 17.0. The highest BCUT2D eigenvalue weighted by Crippen LogP contribution is 2.31. The highest BCUT2D eigenvalue weighted by Gasteiger charge is 2.25. The van der Waals surface area contributed by atoms with Gasteiger partial charge in [-0.3, -0.25) is 14.6 Å². The fourth-order valence-corrected chi connectivity index (χ4v) is 3.87. The van der Waals surface area contributed by atoms with Gasteiger partial charge in [0.05, 0.1) is 6.54 Å². The maximum Gasteiger partial charge on any atom is 0.317 e. The first-order valence-electron chi connectivity index (χ1n) is 7.99. The molecular weight excluding hydrogens is 335 g/mol. The van der Waals surface area contributed by atoms with E-state index in [4.69, 9.17) is 28.3 Å². The average Bonchev–Trinajstić information content (AvgIpc) is 2.71. The van der Waals surface area contributed by atoms with E-state index in [-0.39, 0.29) is 12.6 Å². The predicted octanol–water partition coefficient (Wildman–Crippen LogP) is 3.93. The SMILES string of the molecule is CC(c1ccc(Cl)cc1Cl)N1CCCC(N(C)CC(=O)O)CC1. The zero-order valence-corrected chi connectivity index (χ0v) is 15.1. The summed E-state index contributed by atoms with van der Waals surface area (Å²) in [6.07, 6.45) is 3.06. The lowest BCUT2D eigenvalue weighted by molar-refractivity contribution is -0.138. The molecule has 23 heavy (non-hydrogen) atoms. The lowest BCUT2D eigenvalue weighted by atomic mass is 10.1. The summed E-state index contributed by atoms with van der Waals surface area (Å²) in [5.74, 6) is -0.769. The largest absolute Gasteiger partial charge is 0.480 e. The van der Waals surface area contributed by atoms with E-state index in [0.717, 1.165) is 37.9 Å². The van der Waals surface area contributed by atoms with Gasteiger partial charge >= 0.3 is 5.97 Å². The minimum Gasteiger partial charge on any atom is -0.480 e. The number of benzene rings is 1. The number of carboxylic acids is 1. The van der Waals surface area contributed by atoms with Crippen LogP contribution >= 0.6 is 23.2 Å². The quantitative estimate of drug-likeness (QED) is 0.865. The first-order chi connectivity index (χ1) is 10.9. The number of likely N-dealkylation sites (tertiary alicyclic amines) is 1. The van der Waals surface area contributed by atoms with E-state index in [1.165, 1.54) is 0 Å². The van der Waals surface area contributed by atoms with Crippen LogP contribution in [-0.4, -0.2) is 53.6 Å². The van der Waals surface area contributed by atoms with E-state index >= 15 is 0 Å². The summed E-state index contributed by atoms with van der Waals surface area (Å²) < 4.78 is 0. The number of nitrogens with zero attached hydrogens (tertiary/aromatic N) is 2. The Hall–Kier alpha value is -0.810. The fourth-order valence-electron chi connectivity index (χ4n) is 3.31. The standard InChI is InChI=1S/C17H24Cl2N2O2/c1-12(15-6-5-13(18)10-16(15)19)21-8-3-4-14(7-9-21)20(2)11-17(22)23/h5-6,10,12,14H,3-4,7-9,11H2,1-2H3,(H,22,23). The number of halogens is 2. The van der Waals surface area contributed by atoms with E-state index in [1.807, 2.05) is 24.1 Å². The molecule has 1 heterocycles. The van der Waals surface area contributed by atoms with E-state index < -0.39 is 5.97 Å². The van der Waals surface area contributed by atoms with Crippen LogP contribution in [0.25, 0.3) is 0 Å². The van der Waals surface area contributed by atoms with Crippen LogP contribution in [0.3, 0.4) is 0 Å². The van der Waals surface area contributed by atoms with Gasteiger partial charge in [-0.05, 0) is 57.5 Å². The Kier molecular flexibility index (Phi) is 6.72. The van der Waals surface area contributed by atoms with Gasteiger partial charge in [0.25, 0.3) is 0 Å². The molecule has 0 aliphatic carbocycles. The van der Waals surface area contributed by atoms with Gasteiger partial charge in [0, 0.05) is 28.7 Å². The maximum absolute atomic E-state index is 10.9. The topological polar surface area (TPSA) is 43.8 Å². The van der Waals surface area contributed by atoms with Crippen LogP contribution in [0.5, 0.6) is 0 Å². The van der Waals surface area contributed by atoms with Gasteiger partial charge in [0.2, 0.25) is 0 Å². The Morgan fingerprint density at radius 1 is 1.39 bits per heavy atom. The van der Waals surface area contributed by atoms with Crippen LogP contribution < -0.4 is 0 Å². The van der Waals surface area contributed by atoms with Crippen LogP contribution in [0.4, 0.5) is 0 Å². The van der Waals surface area contributed by atoms with Crippen molar-refractivity contribution in [1.82, 2.24) is 9.80 Å². The number of carboxylic acid groups (broad SMARTS) is 1. The molecule has 0 radical (unpaired) electrons. The molecule has 6 heteroatoms. The molecule has 1 aliphatic heterocycles. The van der Waals surface area contributed by atoms with Crippen molar-refractivity contribution < 1.29 is 9.90 Å². The smallest absolute Gasteiger partial charge is 0.317 e. The van der Waals surface area contributed by atoms with Gasteiger partial charge in [0.15, 0.2) is 0 Å². The minimum absolute atomic E-state index is 0.100. The van der Waals surface area contributed by atoms with Gasteiger partial charge in [-0.2, -0.15) is 0 Å².